The van der Waals surface area contributed by atoms with E-state index in [0.717, 1.165) is 17.7 Å². The van der Waals surface area contributed by atoms with E-state index in [2.05, 4.69) is 30.0 Å². The van der Waals surface area contributed by atoms with Gasteiger partial charge in [0.2, 0.25) is 5.91 Å². The summed E-state index contributed by atoms with van der Waals surface area (Å²) in [5, 5.41) is 13.7. The van der Waals surface area contributed by atoms with Gasteiger partial charge in [-0.05, 0) is 55.1 Å². The molecular formula is C24H33N3O3S. The Morgan fingerprint density at radius 3 is 2.32 bits per heavy atom. The summed E-state index contributed by atoms with van der Waals surface area (Å²) < 4.78 is 5.57. The molecule has 0 spiro atoms. The molecule has 0 aromatic heterocycles. The Morgan fingerprint density at radius 1 is 1.03 bits per heavy atom. The minimum atomic E-state index is -0.721. The number of para-hydroxylation sites is 1. The molecule has 0 aliphatic heterocycles. The fourth-order valence-corrected chi connectivity index (χ4v) is 3.19. The first kappa shape index (κ1) is 24.8. The van der Waals surface area contributed by atoms with Gasteiger partial charge in [-0.2, -0.15) is 0 Å². The summed E-state index contributed by atoms with van der Waals surface area (Å²) in [5.74, 6) is -0.117. The number of amides is 1. The van der Waals surface area contributed by atoms with Crippen LogP contribution in [0.2, 0.25) is 0 Å². The molecule has 2 aromatic rings. The van der Waals surface area contributed by atoms with Crippen molar-refractivity contribution in [3.63, 3.8) is 0 Å². The predicted octanol–water partition coefficient (Wildman–Crippen LogP) is 3.68. The molecule has 6 nitrogen and oxygen atoms in total. The van der Waals surface area contributed by atoms with Gasteiger partial charge in [0.25, 0.3) is 0 Å². The number of rotatable bonds is 11. The van der Waals surface area contributed by atoms with Gasteiger partial charge in [0, 0.05) is 18.2 Å². The molecule has 2 atom stereocenters. The van der Waals surface area contributed by atoms with Crippen molar-refractivity contribution in [2.24, 2.45) is 11.8 Å². The minimum Gasteiger partial charge on any atom is -0.391 e. The lowest BCUT2D eigenvalue weighted by molar-refractivity contribution is -0.127. The van der Waals surface area contributed by atoms with Crippen molar-refractivity contribution in [3.8, 4) is 0 Å². The number of benzene rings is 2. The highest BCUT2D eigenvalue weighted by molar-refractivity contribution is 7.80. The van der Waals surface area contributed by atoms with Gasteiger partial charge in [-0.15, -0.1) is 0 Å². The number of thiocarbonyl (C=S) groups is 1. The lowest BCUT2D eigenvalue weighted by Gasteiger charge is -2.21. The smallest absolute Gasteiger partial charge is 0.241 e. The van der Waals surface area contributed by atoms with E-state index >= 15 is 0 Å². The Hall–Kier alpha value is -2.48. The molecule has 7 heteroatoms. The highest BCUT2D eigenvalue weighted by Crippen LogP contribution is 2.15. The Labute approximate surface area is 190 Å². The molecule has 2 rings (SSSR count). The second kappa shape index (κ2) is 13.7. The third-order valence-corrected chi connectivity index (χ3v) is 4.94. The molecule has 0 radical (unpaired) electrons. The molecule has 31 heavy (non-hydrogen) atoms. The minimum absolute atomic E-state index is 0.215. The SMILES string of the molecule is CC(C)CCOC[C@@H](O)C[C@H](Cc1ccccc1)C(=O)NNC(=S)Nc1ccccc1. The number of anilines is 1. The molecule has 0 bridgehead atoms. The summed E-state index contributed by atoms with van der Waals surface area (Å²) in [7, 11) is 0. The molecule has 1 amide bonds. The zero-order valence-electron chi connectivity index (χ0n) is 18.2. The number of ether oxygens (including phenoxy) is 1. The van der Waals surface area contributed by atoms with Crippen LogP contribution >= 0.6 is 12.2 Å². The van der Waals surface area contributed by atoms with Crippen LogP contribution in [0.15, 0.2) is 60.7 Å². The van der Waals surface area contributed by atoms with Gasteiger partial charge in [0.15, 0.2) is 5.11 Å². The average molecular weight is 444 g/mol. The summed E-state index contributed by atoms with van der Waals surface area (Å²) >= 11 is 5.24. The third kappa shape index (κ3) is 10.4. The first-order valence-electron chi connectivity index (χ1n) is 10.7. The summed E-state index contributed by atoms with van der Waals surface area (Å²) in [6, 6.07) is 19.2. The summed E-state index contributed by atoms with van der Waals surface area (Å²) in [4.78, 5) is 12.8. The van der Waals surface area contributed by atoms with Gasteiger partial charge < -0.3 is 15.2 Å². The van der Waals surface area contributed by atoms with Gasteiger partial charge in [0.1, 0.15) is 0 Å². The van der Waals surface area contributed by atoms with Crippen molar-refractivity contribution in [2.45, 2.75) is 39.2 Å². The van der Waals surface area contributed by atoms with E-state index in [-0.39, 0.29) is 17.6 Å². The standard InChI is InChI=1S/C24H33N3O3S/c1-18(2)13-14-30-17-22(28)16-20(15-19-9-5-3-6-10-19)23(29)26-27-24(31)25-21-11-7-4-8-12-21/h3-12,18,20,22,28H,13-17H2,1-2H3,(H,26,29)(H2,25,27,31)/t20-,22-/m0/s1. The Balaban J connectivity index is 1.88. The molecule has 2 aromatic carbocycles. The molecule has 0 aliphatic rings. The number of carbonyl (C=O) groups is 1. The van der Waals surface area contributed by atoms with E-state index < -0.39 is 12.0 Å². The van der Waals surface area contributed by atoms with Crippen LogP contribution < -0.4 is 16.2 Å². The quantitative estimate of drug-likeness (QED) is 0.241. The van der Waals surface area contributed by atoms with E-state index in [1.807, 2.05) is 60.7 Å². The van der Waals surface area contributed by atoms with Gasteiger partial charge >= 0.3 is 0 Å². The number of aliphatic hydroxyl groups is 1. The van der Waals surface area contributed by atoms with Crippen LogP contribution in [0.4, 0.5) is 5.69 Å². The maximum Gasteiger partial charge on any atom is 0.241 e. The predicted molar refractivity (Wildman–Crippen MR) is 128 cm³/mol. The normalized spacial score (nSPS) is 12.8. The van der Waals surface area contributed by atoms with Crippen molar-refractivity contribution in [3.05, 3.63) is 66.2 Å². The molecule has 0 aliphatic carbocycles. The van der Waals surface area contributed by atoms with E-state index in [0.29, 0.717) is 25.4 Å². The summed E-state index contributed by atoms with van der Waals surface area (Å²) in [6.07, 6.45) is 1.02. The van der Waals surface area contributed by atoms with Crippen molar-refractivity contribution in [1.82, 2.24) is 10.9 Å². The lowest BCUT2D eigenvalue weighted by atomic mass is 9.93. The third-order valence-electron chi connectivity index (χ3n) is 4.73. The Morgan fingerprint density at radius 2 is 1.68 bits per heavy atom. The fraction of sp³-hybridized carbons (Fsp3) is 0.417. The maximum atomic E-state index is 12.8. The maximum absolute atomic E-state index is 12.8. The molecule has 0 saturated heterocycles. The van der Waals surface area contributed by atoms with Crippen molar-refractivity contribution in [2.75, 3.05) is 18.5 Å². The fourth-order valence-electron chi connectivity index (χ4n) is 3.02. The number of hydrogen-bond acceptors (Lipinski definition) is 4. The Bertz CT molecular complexity index is 787. The van der Waals surface area contributed by atoms with Crippen LogP contribution in [0, 0.1) is 11.8 Å². The summed E-state index contributed by atoms with van der Waals surface area (Å²) in [6.45, 7) is 5.08. The number of nitrogens with one attached hydrogen (secondary N) is 3. The van der Waals surface area contributed by atoms with Crippen LogP contribution in [0.5, 0.6) is 0 Å². The highest BCUT2D eigenvalue weighted by atomic mass is 32.1. The molecule has 0 saturated carbocycles. The molecule has 4 N–H and O–H groups in total. The summed E-state index contributed by atoms with van der Waals surface area (Å²) in [5.41, 5.74) is 7.26. The van der Waals surface area contributed by atoms with E-state index in [9.17, 15) is 9.90 Å². The molecule has 168 valence electrons. The average Bonchev–Trinajstić information content (AvgIpc) is 2.76. The van der Waals surface area contributed by atoms with Crippen molar-refractivity contribution < 1.29 is 14.6 Å². The van der Waals surface area contributed by atoms with Gasteiger partial charge in [0.05, 0.1) is 12.7 Å². The number of aliphatic hydroxyl groups excluding tert-OH is 1. The van der Waals surface area contributed by atoms with Gasteiger partial charge in [-0.25, -0.2) is 0 Å². The largest absolute Gasteiger partial charge is 0.391 e. The van der Waals surface area contributed by atoms with E-state index in [4.69, 9.17) is 17.0 Å². The number of hydrogen-bond donors (Lipinski definition) is 4. The second-order valence-electron chi connectivity index (χ2n) is 7.97. The monoisotopic (exact) mass is 443 g/mol. The molecule has 0 heterocycles. The van der Waals surface area contributed by atoms with Crippen LogP contribution in [-0.4, -0.2) is 35.4 Å². The van der Waals surface area contributed by atoms with Crippen LogP contribution in [0.3, 0.4) is 0 Å². The van der Waals surface area contributed by atoms with Gasteiger partial charge in [-0.3, -0.25) is 15.6 Å². The second-order valence-corrected chi connectivity index (χ2v) is 8.38. The Kier molecular flexibility index (Phi) is 11.0. The van der Waals surface area contributed by atoms with Gasteiger partial charge in [-0.1, -0.05) is 62.4 Å². The topological polar surface area (TPSA) is 82.6 Å². The number of hydrazine groups is 1. The van der Waals surface area contributed by atoms with E-state index in [1.54, 1.807) is 0 Å². The van der Waals surface area contributed by atoms with Crippen molar-refractivity contribution in [1.29, 1.82) is 0 Å². The molecule has 0 fully saturated rings. The highest BCUT2D eigenvalue weighted by Gasteiger charge is 2.23. The van der Waals surface area contributed by atoms with Crippen LogP contribution in [0.1, 0.15) is 32.3 Å². The lowest BCUT2D eigenvalue weighted by Crippen LogP contribution is -2.47. The molecule has 0 unspecified atom stereocenters. The zero-order chi connectivity index (χ0) is 22.5. The van der Waals surface area contributed by atoms with Crippen molar-refractivity contribution >= 4 is 28.9 Å². The van der Waals surface area contributed by atoms with E-state index in [1.165, 1.54) is 0 Å². The molecular weight excluding hydrogens is 410 g/mol. The number of carbonyl (C=O) groups excluding carboxylic acids is 1. The van der Waals surface area contributed by atoms with Crippen LogP contribution in [-0.2, 0) is 16.0 Å². The van der Waals surface area contributed by atoms with Crippen LogP contribution in [0.25, 0.3) is 0 Å². The zero-order valence-corrected chi connectivity index (χ0v) is 19.0. The first-order valence-corrected chi connectivity index (χ1v) is 11.1. The first-order chi connectivity index (χ1) is 14.9.